The summed E-state index contributed by atoms with van der Waals surface area (Å²) in [6, 6.07) is 14.1. The second kappa shape index (κ2) is 9.03. The number of amides is 2. The van der Waals surface area contributed by atoms with Gasteiger partial charge in [-0.3, -0.25) is 9.59 Å². The molecule has 0 spiro atoms. The number of hydrogen-bond acceptors (Lipinski definition) is 4. The van der Waals surface area contributed by atoms with Crippen molar-refractivity contribution in [3.05, 3.63) is 65.7 Å². The fourth-order valence-corrected chi connectivity index (χ4v) is 4.69. The molecule has 1 saturated heterocycles. The summed E-state index contributed by atoms with van der Waals surface area (Å²) in [5, 5.41) is 2.79. The van der Waals surface area contributed by atoms with Gasteiger partial charge in [0.05, 0.1) is 4.90 Å². The third kappa shape index (κ3) is 5.59. The second-order valence-corrected chi connectivity index (χ2v) is 9.55. The number of sulfonamides is 1. The molecule has 1 saturated carbocycles. The summed E-state index contributed by atoms with van der Waals surface area (Å²) in [5.41, 5.74) is 2.55. The van der Waals surface area contributed by atoms with Gasteiger partial charge in [-0.1, -0.05) is 24.3 Å². The molecule has 8 heteroatoms. The van der Waals surface area contributed by atoms with Gasteiger partial charge < -0.3 is 10.2 Å². The van der Waals surface area contributed by atoms with E-state index in [4.69, 9.17) is 0 Å². The lowest BCUT2D eigenvalue weighted by molar-refractivity contribution is -0.117. The number of benzene rings is 2. The van der Waals surface area contributed by atoms with Gasteiger partial charge in [-0.15, -0.1) is 0 Å². The normalized spacial score (nSPS) is 16.8. The summed E-state index contributed by atoms with van der Waals surface area (Å²) in [7, 11) is -3.47. The van der Waals surface area contributed by atoms with Crippen LogP contribution in [0.4, 0.5) is 5.69 Å². The molecule has 0 unspecified atom stereocenters. The molecule has 0 aromatic heterocycles. The minimum atomic E-state index is -3.47. The van der Waals surface area contributed by atoms with E-state index < -0.39 is 10.0 Å². The van der Waals surface area contributed by atoms with Gasteiger partial charge in [0.15, 0.2) is 0 Å². The van der Waals surface area contributed by atoms with Crippen LogP contribution >= 0.6 is 0 Å². The molecule has 1 heterocycles. The second-order valence-electron chi connectivity index (χ2n) is 7.83. The predicted octanol–water partition coefficient (Wildman–Crippen LogP) is 2.58. The quantitative estimate of drug-likeness (QED) is 0.618. The third-order valence-corrected chi connectivity index (χ3v) is 6.84. The maximum Gasteiger partial charge on any atom is 0.244 e. The molecule has 2 aliphatic rings. The lowest BCUT2D eigenvalue weighted by Crippen LogP contribution is -2.25. The number of nitrogens with one attached hydrogen (secondary N) is 2. The lowest BCUT2D eigenvalue weighted by atomic mass is 10.2. The smallest absolute Gasteiger partial charge is 0.244 e. The Morgan fingerprint density at radius 1 is 1.06 bits per heavy atom. The Morgan fingerprint density at radius 3 is 2.39 bits per heavy atom. The molecule has 2 aromatic rings. The molecular formula is C23H25N3O4S. The zero-order valence-electron chi connectivity index (χ0n) is 17.1. The van der Waals surface area contributed by atoms with Crippen molar-refractivity contribution in [2.45, 2.75) is 43.2 Å². The van der Waals surface area contributed by atoms with E-state index in [9.17, 15) is 18.0 Å². The monoisotopic (exact) mass is 439 g/mol. The zero-order valence-corrected chi connectivity index (χ0v) is 17.9. The molecule has 4 rings (SSSR count). The molecule has 7 nitrogen and oxygen atoms in total. The SMILES string of the molecule is O=C(C=Cc1ccc(N2CCCC2=O)cc1)NCc1ccc(S(=O)(=O)NC2CC2)cc1. The summed E-state index contributed by atoms with van der Waals surface area (Å²) < 4.78 is 27.0. The fourth-order valence-electron chi connectivity index (χ4n) is 3.38. The zero-order chi connectivity index (χ0) is 21.8. The molecular weight excluding hydrogens is 414 g/mol. The van der Waals surface area contributed by atoms with Crippen molar-refractivity contribution in [2.24, 2.45) is 0 Å². The van der Waals surface area contributed by atoms with Crippen molar-refractivity contribution in [2.75, 3.05) is 11.4 Å². The Kier molecular flexibility index (Phi) is 6.20. The Morgan fingerprint density at radius 2 is 1.77 bits per heavy atom. The molecule has 2 amide bonds. The van der Waals surface area contributed by atoms with Crippen LogP contribution in [0.25, 0.3) is 6.08 Å². The van der Waals surface area contributed by atoms with Crippen LogP contribution in [0.15, 0.2) is 59.5 Å². The first kappa shape index (κ1) is 21.3. The molecule has 2 aromatic carbocycles. The fraction of sp³-hybridized carbons (Fsp3) is 0.304. The standard InChI is InChI=1S/C23H25N3O4S/c27-22(14-7-17-3-10-20(11-4-17)26-15-1-2-23(26)28)24-16-18-5-12-21(13-6-18)31(29,30)25-19-8-9-19/h3-7,10-14,19,25H,1-2,8-9,15-16H2,(H,24,27). The average Bonchev–Trinajstić information content (AvgIpc) is 3.47. The van der Waals surface area contributed by atoms with Gasteiger partial charge in [0, 0.05) is 37.3 Å². The molecule has 0 bridgehead atoms. The Labute approximate surface area is 182 Å². The Hall–Kier alpha value is -2.97. The Bertz CT molecular complexity index is 1090. The van der Waals surface area contributed by atoms with Crippen LogP contribution in [0.3, 0.4) is 0 Å². The maximum atomic E-state index is 12.2. The van der Waals surface area contributed by atoms with Crippen LogP contribution in [0, 0.1) is 0 Å². The van der Waals surface area contributed by atoms with Crippen LogP contribution in [0.1, 0.15) is 36.8 Å². The third-order valence-electron chi connectivity index (χ3n) is 5.30. The van der Waals surface area contributed by atoms with Crippen molar-refractivity contribution in [1.29, 1.82) is 0 Å². The van der Waals surface area contributed by atoms with E-state index in [0.717, 1.165) is 42.6 Å². The van der Waals surface area contributed by atoms with E-state index >= 15 is 0 Å². The van der Waals surface area contributed by atoms with Crippen molar-refractivity contribution in [3.63, 3.8) is 0 Å². The molecule has 2 N–H and O–H groups in total. The van der Waals surface area contributed by atoms with Crippen LogP contribution < -0.4 is 14.9 Å². The first-order chi connectivity index (χ1) is 14.9. The van der Waals surface area contributed by atoms with E-state index in [2.05, 4.69) is 10.0 Å². The summed E-state index contributed by atoms with van der Waals surface area (Å²) in [6.45, 7) is 1.05. The lowest BCUT2D eigenvalue weighted by Gasteiger charge is -2.15. The summed E-state index contributed by atoms with van der Waals surface area (Å²) in [5.74, 6) is -0.0987. The maximum absolute atomic E-state index is 12.2. The van der Waals surface area contributed by atoms with E-state index in [1.807, 2.05) is 24.3 Å². The van der Waals surface area contributed by atoms with E-state index in [1.54, 1.807) is 35.2 Å². The van der Waals surface area contributed by atoms with Crippen LogP contribution in [0.2, 0.25) is 0 Å². The highest BCUT2D eigenvalue weighted by Crippen LogP contribution is 2.23. The van der Waals surface area contributed by atoms with Gasteiger partial charge in [-0.2, -0.15) is 0 Å². The van der Waals surface area contributed by atoms with E-state index in [0.29, 0.717) is 13.0 Å². The number of carbonyl (C=O) groups excluding carboxylic acids is 2. The largest absolute Gasteiger partial charge is 0.348 e. The molecule has 162 valence electrons. The van der Waals surface area contributed by atoms with Crippen LogP contribution in [-0.2, 0) is 26.2 Å². The van der Waals surface area contributed by atoms with Gasteiger partial charge in [-0.05, 0) is 60.7 Å². The molecule has 1 aliphatic carbocycles. The highest BCUT2D eigenvalue weighted by Gasteiger charge is 2.27. The Balaban J connectivity index is 1.27. The number of nitrogens with zero attached hydrogens (tertiary/aromatic N) is 1. The summed E-state index contributed by atoms with van der Waals surface area (Å²) >= 11 is 0. The number of rotatable bonds is 8. The van der Waals surface area contributed by atoms with Gasteiger partial charge in [0.1, 0.15) is 0 Å². The van der Waals surface area contributed by atoms with Crippen molar-refractivity contribution < 1.29 is 18.0 Å². The highest BCUT2D eigenvalue weighted by atomic mass is 32.2. The van der Waals surface area contributed by atoms with Gasteiger partial charge in [0.25, 0.3) is 0 Å². The number of hydrogen-bond donors (Lipinski definition) is 2. The number of anilines is 1. The van der Waals surface area contributed by atoms with Gasteiger partial charge in [-0.25, -0.2) is 13.1 Å². The molecule has 2 fully saturated rings. The minimum absolute atomic E-state index is 0.0645. The minimum Gasteiger partial charge on any atom is -0.348 e. The average molecular weight is 440 g/mol. The van der Waals surface area contributed by atoms with Crippen molar-refractivity contribution >= 4 is 33.6 Å². The summed E-state index contributed by atoms with van der Waals surface area (Å²) in [6.07, 6.45) is 6.42. The predicted molar refractivity (Wildman–Crippen MR) is 119 cm³/mol. The van der Waals surface area contributed by atoms with Gasteiger partial charge in [0.2, 0.25) is 21.8 Å². The van der Waals surface area contributed by atoms with Gasteiger partial charge >= 0.3 is 0 Å². The summed E-state index contributed by atoms with van der Waals surface area (Å²) in [4.78, 5) is 25.9. The van der Waals surface area contributed by atoms with E-state index in [1.165, 1.54) is 6.08 Å². The number of carbonyl (C=O) groups is 2. The highest BCUT2D eigenvalue weighted by molar-refractivity contribution is 7.89. The molecule has 31 heavy (non-hydrogen) atoms. The topological polar surface area (TPSA) is 95.6 Å². The first-order valence-electron chi connectivity index (χ1n) is 10.4. The van der Waals surface area contributed by atoms with Crippen LogP contribution in [0.5, 0.6) is 0 Å². The van der Waals surface area contributed by atoms with E-state index in [-0.39, 0.29) is 22.8 Å². The first-order valence-corrected chi connectivity index (χ1v) is 11.9. The van der Waals surface area contributed by atoms with Crippen molar-refractivity contribution in [1.82, 2.24) is 10.0 Å². The van der Waals surface area contributed by atoms with Crippen LogP contribution in [-0.4, -0.2) is 32.8 Å². The van der Waals surface area contributed by atoms with Crippen molar-refractivity contribution in [3.8, 4) is 0 Å². The molecule has 0 atom stereocenters. The molecule has 0 radical (unpaired) electrons. The molecule has 1 aliphatic heterocycles.